The van der Waals surface area contributed by atoms with E-state index in [0.717, 1.165) is 32.1 Å². The number of nitrogens with one attached hydrogen (secondary N) is 1. The third-order valence-electron chi connectivity index (χ3n) is 3.82. The lowest BCUT2D eigenvalue weighted by molar-refractivity contribution is -0.113. The number of hydrogen-bond acceptors (Lipinski definition) is 5. The molecule has 0 fully saturated rings. The average molecular weight is 368 g/mol. The van der Waals surface area contributed by atoms with Crippen LogP contribution >= 0.6 is 23.1 Å². The third kappa shape index (κ3) is 3.25. The minimum absolute atomic E-state index is 0.0748. The number of anilines is 1. The second-order valence-corrected chi connectivity index (χ2v) is 7.71. The Labute approximate surface area is 153 Å². The highest BCUT2D eigenvalue weighted by atomic mass is 32.2. The average Bonchev–Trinajstić information content (AvgIpc) is 3.20. The maximum absolute atomic E-state index is 12.3. The summed E-state index contributed by atoms with van der Waals surface area (Å²) in [6.07, 6.45) is 0. The first-order valence-corrected chi connectivity index (χ1v) is 9.78. The van der Waals surface area contributed by atoms with Crippen molar-refractivity contribution in [1.29, 1.82) is 0 Å². The van der Waals surface area contributed by atoms with E-state index in [1.54, 1.807) is 11.3 Å². The molecule has 5 nitrogen and oxygen atoms in total. The second kappa shape index (κ2) is 6.85. The van der Waals surface area contributed by atoms with Crippen LogP contribution in [0, 0.1) is 0 Å². The number of amides is 1. The van der Waals surface area contributed by atoms with E-state index in [9.17, 15) is 4.79 Å². The lowest BCUT2D eigenvalue weighted by atomic mass is 10.3. The zero-order valence-corrected chi connectivity index (χ0v) is 15.2. The number of thiazole rings is 1. The Bertz CT molecular complexity index is 1020. The number of aryl methyl sites for hydroxylation is 1. The van der Waals surface area contributed by atoms with E-state index in [0.29, 0.717) is 11.7 Å². The molecule has 1 amide bonds. The summed E-state index contributed by atoms with van der Waals surface area (Å²) in [6, 6.07) is 15.9. The Morgan fingerprint density at radius 2 is 1.88 bits per heavy atom. The molecule has 0 aliphatic carbocycles. The molecule has 4 rings (SSSR count). The molecule has 0 saturated carbocycles. The van der Waals surface area contributed by atoms with E-state index >= 15 is 0 Å². The molecule has 1 N–H and O–H groups in total. The summed E-state index contributed by atoms with van der Waals surface area (Å²) in [7, 11) is 0. The van der Waals surface area contributed by atoms with Crippen molar-refractivity contribution in [2.45, 2.75) is 17.8 Å². The van der Waals surface area contributed by atoms with Gasteiger partial charge in [-0.3, -0.25) is 10.1 Å². The first-order chi connectivity index (χ1) is 12.2. The van der Waals surface area contributed by atoms with Gasteiger partial charge in [-0.1, -0.05) is 36.0 Å². The Hall–Kier alpha value is -2.38. The number of para-hydroxylation sites is 3. The van der Waals surface area contributed by atoms with Crippen molar-refractivity contribution in [2.75, 3.05) is 11.1 Å². The predicted octanol–water partition coefficient (Wildman–Crippen LogP) is 4.40. The Kier molecular flexibility index (Phi) is 4.42. The molecule has 0 unspecified atom stereocenters. The summed E-state index contributed by atoms with van der Waals surface area (Å²) in [6.45, 7) is 2.79. The van der Waals surface area contributed by atoms with Gasteiger partial charge in [0.05, 0.1) is 27.0 Å². The molecule has 0 atom stereocenters. The summed E-state index contributed by atoms with van der Waals surface area (Å²) in [5.74, 6) is 0.833. The van der Waals surface area contributed by atoms with E-state index in [1.807, 2.05) is 60.0 Å². The standard InChI is InChI=1S/C18H16N4OS2/c1-2-22-14-9-5-3-7-12(14)19-17(22)21-16(23)11-24-18-20-13-8-4-6-10-15(13)25-18/h3-10H,2,11H2,1H3,(H,19,21,23). The molecule has 7 heteroatoms. The van der Waals surface area contributed by atoms with Crippen LogP contribution < -0.4 is 5.32 Å². The number of aromatic nitrogens is 3. The molecular weight excluding hydrogens is 352 g/mol. The van der Waals surface area contributed by atoms with Gasteiger partial charge in [-0.15, -0.1) is 11.3 Å². The summed E-state index contributed by atoms with van der Waals surface area (Å²) in [4.78, 5) is 21.4. The van der Waals surface area contributed by atoms with Crippen LogP contribution in [0.5, 0.6) is 0 Å². The van der Waals surface area contributed by atoms with E-state index in [2.05, 4.69) is 15.3 Å². The highest BCUT2D eigenvalue weighted by molar-refractivity contribution is 8.01. The normalized spacial score (nSPS) is 11.2. The van der Waals surface area contributed by atoms with Crippen molar-refractivity contribution < 1.29 is 4.79 Å². The zero-order chi connectivity index (χ0) is 17.2. The first kappa shape index (κ1) is 16.1. The molecule has 126 valence electrons. The molecule has 25 heavy (non-hydrogen) atoms. The molecule has 0 radical (unpaired) electrons. The van der Waals surface area contributed by atoms with Crippen molar-refractivity contribution in [3.8, 4) is 0 Å². The number of hydrogen-bond donors (Lipinski definition) is 1. The van der Waals surface area contributed by atoms with Crippen molar-refractivity contribution >= 4 is 56.2 Å². The van der Waals surface area contributed by atoms with Gasteiger partial charge in [0, 0.05) is 6.54 Å². The number of imidazole rings is 1. The van der Waals surface area contributed by atoms with Crippen LogP contribution in [0.4, 0.5) is 5.95 Å². The minimum atomic E-state index is -0.0748. The molecule has 2 heterocycles. The quantitative estimate of drug-likeness (QED) is 0.531. The Morgan fingerprint density at radius 1 is 1.12 bits per heavy atom. The van der Waals surface area contributed by atoms with E-state index in [4.69, 9.17) is 0 Å². The number of rotatable bonds is 5. The maximum Gasteiger partial charge on any atom is 0.237 e. The topological polar surface area (TPSA) is 59.8 Å². The summed E-state index contributed by atoms with van der Waals surface area (Å²) in [5.41, 5.74) is 2.89. The lowest BCUT2D eigenvalue weighted by Crippen LogP contribution is -2.17. The zero-order valence-electron chi connectivity index (χ0n) is 13.6. The van der Waals surface area contributed by atoms with E-state index in [-0.39, 0.29) is 5.91 Å². The van der Waals surface area contributed by atoms with Gasteiger partial charge in [0.1, 0.15) is 0 Å². The lowest BCUT2D eigenvalue weighted by Gasteiger charge is -2.06. The van der Waals surface area contributed by atoms with Gasteiger partial charge in [-0.2, -0.15) is 0 Å². The van der Waals surface area contributed by atoms with Crippen LogP contribution in [-0.2, 0) is 11.3 Å². The largest absolute Gasteiger partial charge is 0.310 e. The van der Waals surface area contributed by atoms with Crippen molar-refractivity contribution in [2.24, 2.45) is 0 Å². The van der Waals surface area contributed by atoms with Crippen LogP contribution in [0.15, 0.2) is 52.9 Å². The summed E-state index contributed by atoms with van der Waals surface area (Å²) < 4.78 is 4.05. The maximum atomic E-state index is 12.3. The highest BCUT2D eigenvalue weighted by Gasteiger charge is 2.13. The monoisotopic (exact) mass is 368 g/mol. The number of fused-ring (bicyclic) bond motifs is 2. The van der Waals surface area contributed by atoms with Gasteiger partial charge in [0.25, 0.3) is 0 Å². The molecule has 0 bridgehead atoms. The third-order valence-corrected chi connectivity index (χ3v) is 6.00. The van der Waals surface area contributed by atoms with Crippen LogP contribution in [0.2, 0.25) is 0 Å². The minimum Gasteiger partial charge on any atom is -0.310 e. The number of thioether (sulfide) groups is 1. The van der Waals surface area contributed by atoms with Crippen LogP contribution in [-0.4, -0.2) is 26.2 Å². The SMILES string of the molecule is CCn1c(NC(=O)CSc2nc3ccccc3s2)nc2ccccc21. The molecule has 0 spiro atoms. The molecule has 0 aliphatic rings. The van der Waals surface area contributed by atoms with Crippen LogP contribution in [0.25, 0.3) is 21.3 Å². The first-order valence-electron chi connectivity index (χ1n) is 7.98. The molecule has 0 saturated heterocycles. The van der Waals surface area contributed by atoms with Gasteiger partial charge in [0.15, 0.2) is 4.34 Å². The highest BCUT2D eigenvalue weighted by Crippen LogP contribution is 2.29. The van der Waals surface area contributed by atoms with Crippen molar-refractivity contribution in [1.82, 2.24) is 14.5 Å². The molecular formula is C18H16N4OS2. The molecule has 2 aromatic carbocycles. The van der Waals surface area contributed by atoms with Gasteiger partial charge in [0.2, 0.25) is 11.9 Å². The molecule has 0 aliphatic heterocycles. The fourth-order valence-electron chi connectivity index (χ4n) is 2.69. The van der Waals surface area contributed by atoms with Gasteiger partial charge in [-0.25, -0.2) is 9.97 Å². The number of carbonyl (C=O) groups excluding carboxylic acids is 1. The van der Waals surface area contributed by atoms with Gasteiger partial charge in [-0.05, 0) is 31.2 Å². The fraction of sp³-hybridized carbons (Fsp3) is 0.167. The summed E-state index contributed by atoms with van der Waals surface area (Å²) in [5, 5.41) is 2.92. The van der Waals surface area contributed by atoms with E-state index < -0.39 is 0 Å². The van der Waals surface area contributed by atoms with Crippen molar-refractivity contribution in [3.63, 3.8) is 0 Å². The smallest absolute Gasteiger partial charge is 0.237 e. The fourth-order valence-corrected chi connectivity index (χ4v) is 4.56. The number of benzene rings is 2. The Morgan fingerprint density at radius 3 is 2.68 bits per heavy atom. The Balaban J connectivity index is 1.47. The van der Waals surface area contributed by atoms with Crippen LogP contribution in [0.3, 0.4) is 0 Å². The molecule has 2 aromatic heterocycles. The number of nitrogens with zero attached hydrogens (tertiary/aromatic N) is 3. The predicted molar refractivity (Wildman–Crippen MR) is 104 cm³/mol. The van der Waals surface area contributed by atoms with Gasteiger partial charge < -0.3 is 4.57 Å². The second-order valence-electron chi connectivity index (χ2n) is 5.45. The van der Waals surface area contributed by atoms with Crippen molar-refractivity contribution in [3.05, 3.63) is 48.5 Å². The van der Waals surface area contributed by atoms with Crippen LogP contribution in [0.1, 0.15) is 6.92 Å². The summed E-state index contributed by atoms with van der Waals surface area (Å²) >= 11 is 3.06. The molecule has 4 aromatic rings. The van der Waals surface area contributed by atoms with E-state index in [1.165, 1.54) is 11.8 Å². The van der Waals surface area contributed by atoms with Gasteiger partial charge >= 0.3 is 0 Å². The number of carbonyl (C=O) groups is 1.